The van der Waals surface area contributed by atoms with Gasteiger partial charge in [0, 0.05) is 11.3 Å². The molecule has 0 atom stereocenters. The van der Waals surface area contributed by atoms with E-state index in [-0.39, 0.29) is 5.78 Å². The molecule has 3 heteroatoms. The summed E-state index contributed by atoms with van der Waals surface area (Å²) in [6.07, 6.45) is 1.93. The van der Waals surface area contributed by atoms with Crippen LogP contribution in [0.3, 0.4) is 0 Å². The zero-order valence-corrected chi connectivity index (χ0v) is 13.8. The van der Waals surface area contributed by atoms with E-state index in [4.69, 9.17) is 4.74 Å². The van der Waals surface area contributed by atoms with E-state index in [2.05, 4.69) is 0 Å². The Morgan fingerprint density at radius 2 is 1.52 bits per heavy atom. The summed E-state index contributed by atoms with van der Waals surface area (Å²) in [5.41, 5.74) is 4.22. The quantitative estimate of drug-likeness (QED) is 0.629. The number of hydrogen-bond acceptors (Lipinski definition) is 3. The molecule has 0 fully saturated rings. The summed E-state index contributed by atoms with van der Waals surface area (Å²) in [4.78, 5) is 15.0. The van der Waals surface area contributed by atoms with E-state index in [0.717, 1.165) is 28.3 Å². The molecule has 25 heavy (non-hydrogen) atoms. The lowest BCUT2D eigenvalue weighted by Gasteiger charge is -2.20. The van der Waals surface area contributed by atoms with Gasteiger partial charge in [0.25, 0.3) is 0 Å². The largest absolute Gasteiger partial charge is 0.497 e. The van der Waals surface area contributed by atoms with Crippen LogP contribution in [0.15, 0.2) is 84.6 Å². The third-order valence-corrected chi connectivity index (χ3v) is 4.30. The van der Waals surface area contributed by atoms with Gasteiger partial charge in [-0.15, -0.1) is 0 Å². The zero-order chi connectivity index (χ0) is 17.2. The number of benzene rings is 3. The minimum atomic E-state index is 0.0373. The minimum absolute atomic E-state index is 0.0373. The van der Waals surface area contributed by atoms with Crippen LogP contribution in [-0.2, 0) is 0 Å². The topological polar surface area (TPSA) is 29.5 Å². The van der Waals surface area contributed by atoms with Crippen molar-refractivity contribution in [2.24, 2.45) is 0 Å². The predicted octanol–water partition coefficient (Wildman–Crippen LogP) is 5.07. The molecule has 3 aromatic rings. The van der Waals surface area contributed by atoms with Crippen LogP contribution < -0.4 is 9.64 Å². The van der Waals surface area contributed by atoms with Crippen molar-refractivity contribution < 1.29 is 9.53 Å². The van der Waals surface area contributed by atoms with Crippen LogP contribution in [0, 0.1) is 0 Å². The molecular formula is C22H17NO2. The van der Waals surface area contributed by atoms with Crippen molar-refractivity contribution in [3.05, 3.63) is 95.7 Å². The van der Waals surface area contributed by atoms with Gasteiger partial charge >= 0.3 is 0 Å². The third kappa shape index (κ3) is 2.70. The fourth-order valence-electron chi connectivity index (χ4n) is 3.07. The van der Waals surface area contributed by atoms with Gasteiger partial charge in [-0.1, -0.05) is 42.5 Å². The minimum Gasteiger partial charge on any atom is -0.497 e. The normalized spacial score (nSPS) is 14.7. The summed E-state index contributed by atoms with van der Waals surface area (Å²) >= 11 is 0. The molecule has 0 amide bonds. The van der Waals surface area contributed by atoms with E-state index in [1.807, 2.05) is 89.8 Å². The zero-order valence-electron chi connectivity index (χ0n) is 13.8. The Kier molecular flexibility index (Phi) is 3.82. The smallest absolute Gasteiger partial charge is 0.211 e. The van der Waals surface area contributed by atoms with Gasteiger partial charge in [0.15, 0.2) is 0 Å². The maximum Gasteiger partial charge on any atom is 0.211 e. The number of Topliss-reactive ketones (excluding diaryl/α,β-unsaturated/α-hetero) is 1. The molecule has 0 spiro atoms. The van der Waals surface area contributed by atoms with Gasteiger partial charge in [-0.05, 0) is 48.0 Å². The Bertz CT molecular complexity index is 943. The Balaban J connectivity index is 1.84. The predicted molar refractivity (Wildman–Crippen MR) is 100 cm³/mol. The Hall–Kier alpha value is -3.33. The van der Waals surface area contributed by atoms with E-state index < -0.39 is 0 Å². The molecule has 0 aromatic heterocycles. The fourth-order valence-corrected chi connectivity index (χ4v) is 3.07. The van der Waals surface area contributed by atoms with E-state index in [1.54, 1.807) is 7.11 Å². The molecule has 122 valence electrons. The maximum absolute atomic E-state index is 13.0. The first-order valence-corrected chi connectivity index (χ1v) is 8.12. The molecule has 1 heterocycles. The average molecular weight is 327 g/mol. The molecule has 0 aliphatic carbocycles. The Morgan fingerprint density at radius 1 is 0.840 bits per heavy atom. The van der Waals surface area contributed by atoms with E-state index in [9.17, 15) is 4.79 Å². The number of nitrogens with zero attached hydrogens (tertiary/aromatic N) is 1. The van der Waals surface area contributed by atoms with Gasteiger partial charge in [0.2, 0.25) is 5.78 Å². The summed E-state index contributed by atoms with van der Waals surface area (Å²) in [7, 11) is 1.64. The summed E-state index contributed by atoms with van der Waals surface area (Å²) in [6, 6.07) is 25.4. The number of ether oxygens (including phenoxy) is 1. The molecule has 0 bridgehead atoms. The number of methoxy groups -OCH3 is 1. The molecule has 3 nitrogen and oxygen atoms in total. The number of fused-ring (bicyclic) bond motifs is 1. The number of hydrogen-bond donors (Lipinski definition) is 0. The molecule has 0 radical (unpaired) electrons. The monoisotopic (exact) mass is 327 g/mol. The van der Waals surface area contributed by atoms with Crippen molar-refractivity contribution in [3.8, 4) is 5.75 Å². The molecule has 1 aliphatic heterocycles. The van der Waals surface area contributed by atoms with Gasteiger partial charge in [-0.3, -0.25) is 4.79 Å². The molecule has 0 saturated heterocycles. The SMILES string of the molecule is COc1ccc(/C=C2\C(=O)c3ccccc3N2c2ccccc2)cc1. The number of allylic oxidation sites excluding steroid dienone is 1. The molecule has 0 unspecified atom stereocenters. The van der Waals surface area contributed by atoms with Crippen molar-refractivity contribution in [3.63, 3.8) is 0 Å². The second-order valence-electron chi connectivity index (χ2n) is 5.82. The summed E-state index contributed by atoms with van der Waals surface area (Å²) in [5, 5.41) is 0. The lowest BCUT2D eigenvalue weighted by atomic mass is 10.1. The van der Waals surface area contributed by atoms with Gasteiger partial charge in [0.05, 0.1) is 18.5 Å². The highest BCUT2D eigenvalue weighted by Gasteiger charge is 2.32. The first-order chi connectivity index (χ1) is 12.3. The van der Waals surface area contributed by atoms with Crippen LogP contribution in [-0.4, -0.2) is 12.9 Å². The lowest BCUT2D eigenvalue weighted by molar-refractivity contribution is 0.104. The molecular weight excluding hydrogens is 310 g/mol. The highest BCUT2D eigenvalue weighted by molar-refractivity contribution is 6.22. The number of anilines is 2. The summed E-state index contributed by atoms with van der Waals surface area (Å²) in [6.45, 7) is 0. The van der Waals surface area contributed by atoms with Gasteiger partial charge in [-0.2, -0.15) is 0 Å². The first kappa shape index (κ1) is 15.2. The number of ketones is 1. The second-order valence-corrected chi connectivity index (χ2v) is 5.82. The first-order valence-electron chi connectivity index (χ1n) is 8.12. The van der Waals surface area contributed by atoms with Gasteiger partial charge in [-0.25, -0.2) is 0 Å². The third-order valence-electron chi connectivity index (χ3n) is 4.30. The number of para-hydroxylation sites is 2. The van der Waals surface area contributed by atoms with E-state index >= 15 is 0 Å². The van der Waals surface area contributed by atoms with Crippen molar-refractivity contribution in [2.75, 3.05) is 12.0 Å². The van der Waals surface area contributed by atoms with Crippen molar-refractivity contribution in [2.45, 2.75) is 0 Å². The van der Waals surface area contributed by atoms with Crippen LogP contribution >= 0.6 is 0 Å². The highest BCUT2D eigenvalue weighted by Crippen LogP contribution is 2.40. The summed E-state index contributed by atoms with van der Waals surface area (Å²) < 4.78 is 5.20. The molecule has 1 aliphatic rings. The van der Waals surface area contributed by atoms with Crippen LogP contribution in [0.2, 0.25) is 0 Å². The van der Waals surface area contributed by atoms with Crippen LogP contribution in [0.5, 0.6) is 5.75 Å². The van der Waals surface area contributed by atoms with Crippen LogP contribution in [0.4, 0.5) is 11.4 Å². The maximum atomic E-state index is 13.0. The van der Waals surface area contributed by atoms with E-state index in [0.29, 0.717) is 5.70 Å². The average Bonchev–Trinajstić information content (AvgIpc) is 2.95. The van der Waals surface area contributed by atoms with Crippen LogP contribution in [0.25, 0.3) is 6.08 Å². The standard InChI is InChI=1S/C22H17NO2/c1-25-18-13-11-16(12-14-18)15-21-22(24)19-9-5-6-10-20(19)23(21)17-7-3-2-4-8-17/h2-15H,1H3/b21-15+. The van der Waals surface area contributed by atoms with Gasteiger partial charge in [0.1, 0.15) is 5.75 Å². The van der Waals surface area contributed by atoms with E-state index in [1.165, 1.54) is 0 Å². The number of carbonyl (C=O) groups is 1. The molecule has 0 saturated carbocycles. The lowest BCUT2D eigenvalue weighted by Crippen LogP contribution is -2.14. The molecule has 3 aromatic carbocycles. The van der Waals surface area contributed by atoms with Crippen LogP contribution in [0.1, 0.15) is 15.9 Å². The fraction of sp³-hybridized carbons (Fsp3) is 0.0455. The Labute approximate surface area is 146 Å². The Morgan fingerprint density at radius 3 is 2.24 bits per heavy atom. The number of carbonyl (C=O) groups excluding carboxylic acids is 1. The highest BCUT2D eigenvalue weighted by atomic mass is 16.5. The number of rotatable bonds is 3. The second kappa shape index (κ2) is 6.29. The molecule has 4 rings (SSSR count). The van der Waals surface area contributed by atoms with Gasteiger partial charge < -0.3 is 9.64 Å². The molecule has 0 N–H and O–H groups in total. The van der Waals surface area contributed by atoms with Crippen molar-refractivity contribution in [1.82, 2.24) is 0 Å². The summed E-state index contributed by atoms with van der Waals surface area (Å²) in [5.74, 6) is 0.832. The van der Waals surface area contributed by atoms with Crippen molar-refractivity contribution in [1.29, 1.82) is 0 Å². The van der Waals surface area contributed by atoms with Crippen molar-refractivity contribution >= 4 is 23.2 Å².